The van der Waals surface area contributed by atoms with E-state index in [2.05, 4.69) is 27.3 Å². The third-order valence-electron chi connectivity index (χ3n) is 2.73. The van der Waals surface area contributed by atoms with Gasteiger partial charge in [-0.3, -0.25) is 4.79 Å². The molecule has 1 fully saturated rings. The number of piperidine rings is 1. The summed E-state index contributed by atoms with van der Waals surface area (Å²) in [6.07, 6.45) is 0.414. The van der Waals surface area contributed by atoms with E-state index in [0.29, 0.717) is 13.0 Å². The van der Waals surface area contributed by atoms with Crippen LogP contribution in [0.1, 0.15) is 17.9 Å². The van der Waals surface area contributed by atoms with Gasteiger partial charge in [-0.05, 0) is 17.7 Å². The Morgan fingerprint density at radius 1 is 1.47 bits per heavy atom. The van der Waals surface area contributed by atoms with Crippen molar-refractivity contribution < 1.29 is 4.79 Å². The van der Waals surface area contributed by atoms with E-state index in [4.69, 9.17) is 5.73 Å². The molecule has 1 aromatic carbocycles. The summed E-state index contributed by atoms with van der Waals surface area (Å²) in [6, 6.07) is 8.00. The van der Waals surface area contributed by atoms with Crippen molar-refractivity contribution in [3.8, 4) is 0 Å². The highest BCUT2D eigenvalue weighted by Gasteiger charge is 2.27. The summed E-state index contributed by atoms with van der Waals surface area (Å²) in [5.74, 6) is 0.272. The van der Waals surface area contributed by atoms with Crippen LogP contribution in [-0.4, -0.2) is 18.5 Å². The van der Waals surface area contributed by atoms with Gasteiger partial charge in [0.25, 0.3) is 0 Å². The first-order valence-electron chi connectivity index (χ1n) is 4.94. The fraction of sp³-hybridized carbons (Fsp3) is 0.364. The number of amides is 1. The monoisotopic (exact) mass is 268 g/mol. The molecule has 2 rings (SSSR count). The van der Waals surface area contributed by atoms with Crippen LogP contribution in [0.5, 0.6) is 0 Å². The first kappa shape index (κ1) is 10.6. The highest BCUT2D eigenvalue weighted by atomic mass is 79.9. The van der Waals surface area contributed by atoms with Crippen molar-refractivity contribution in [2.75, 3.05) is 6.54 Å². The third-order valence-corrected chi connectivity index (χ3v) is 3.23. The minimum atomic E-state index is -0.0759. The molecule has 80 valence electrons. The fourth-order valence-corrected chi connectivity index (χ4v) is 2.32. The Morgan fingerprint density at radius 2 is 2.27 bits per heavy atom. The predicted molar refractivity (Wildman–Crippen MR) is 62.5 cm³/mol. The summed E-state index contributed by atoms with van der Waals surface area (Å²) < 4.78 is 1.05. The van der Waals surface area contributed by atoms with Crippen molar-refractivity contribution in [1.29, 1.82) is 0 Å². The Kier molecular flexibility index (Phi) is 3.07. The van der Waals surface area contributed by atoms with Gasteiger partial charge in [-0.15, -0.1) is 0 Å². The van der Waals surface area contributed by atoms with Gasteiger partial charge in [-0.25, -0.2) is 0 Å². The molecule has 0 spiro atoms. The highest BCUT2D eigenvalue weighted by Crippen LogP contribution is 2.25. The number of rotatable bonds is 1. The Hall–Kier alpha value is -0.870. The fourth-order valence-electron chi connectivity index (χ4n) is 1.91. The zero-order valence-corrected chi connectivity index (χ0v) is 9.83. The van der Waals surface area contributed by atoms with Crippen molar-refractivity contribution in [2.24, 2.45) is 5.73 Å². The summed E-state index contributed by atoms with van der Waals surface area (Å²) in [6.45, 7) is 0.635. The predicted octanol–water partition coefficient (Wildman–Crippen LogP) is 1.38. The summed E-state index contributed by atoms with van der Waals surface area (Å²) in [7, 11) is 0. The van der Waals surface area contributed by atoms with E-state index >= 15 is 0 Å². The van der Waals surface area contributed by atoms with Gasteiger partial charge in [-0.2, -0.15) is 0 Å². The van der Waals surface area contributed by atoms with Crippen molar-refractivity contribution >= 4 is 21.8 Å². The van der Waals surface area contributed by atoms with Crippen LogP contribution >= 0.6 is 15.9 Å². The zero-order valence-electron chi connectivity index (χ0n) is 8.24. The second-order valence-electron chi connectivity index (χ2n) is 3.83. The summed E-state index contributed by atoms with van der Waals surface area (Å²) in [5.41, 5.74) is 7.15. The Bertz CT molecular complexity index is 381. The SMILES string of the molecule is NC1CC(=O)NCC1c1cccc(Br)c1. The molecule has 2 atom stereocenters. The molecular formula is C11H13BrN2O. The quantitative estimate of drug-likeness (QED) is 0.809. The van der Waals surface area contributed by atoms with E-state index in [-0.39, 0.29) is 17.9 Å². The van der Waals surface area contributed by atoms with E-state index in [1.807, 2.05) is 18.2 Å². The Labute approximate surface area is 97.2 Å². The summed E-state index contributed by atoms with van der Waals surface area (Å²) in [4.78, 5) is 11.1. The first-order valence-corrected chi connectivity index (χ1v) is 5.74. The Balaban J connectivity index is 2.20. The van der Waals surface area contributed by atoms with Crippen LogP contribution in [0.4, 0.5) is 0 Å². The molecule has 0 bridgehead atoms. The number of hydrogen-bond donors (Lipinski definition) is 2. The molecule has 1 aromatic rings. The van der Waals surface area contributed by atoms with E-state index in [1.165, 1.54) is 5.56 Å². The minimum Gasteiger partial charge on any atom is -0.355 e. The standard InChI is InChI=1S/C11H13BrN2O/c12-8-3-1-2-7(4-8)9-6-14-11(15)5-10(9)13/h1-4,9-10H,5-6,13H2,(H,14,15). The summed E-state index contributed by atoms with van der Waals surface area (Å²) in [5, 5.41) is 2.85. The first-order chi connectivity index (χ1) is 7.16. The molecule has 0 saturated carbocycles. The third kappa shape index (κ3) is 2.38. The topological polar surface area (TPSA) is 55.1 Å². The molecule has 0 aliphatic carbocycles. The number of nitrogens with two attached hydrogens (primary N) is 1. The van der Waals surface area contributed by atoms with Gasteiger partial charge >= 0.3 is 0 Å². The Morgan fingerprint density at radius 3 is 2.93 bits per heavy atom. The molecule has 1 aliphatic heterocycles. The molecule has 0 radical (unpaired) electrons. The highest BCUT2D eigenvalue weighted by molar-refractivity contribution is 9.10. The molecule has 1 amide bonds. The normalized spacial score (nSPS) is 26.1. The average molecular weight is 269 g/mol. The second-order valence-corrected chi connectivity index (χ2v) is 4.75. The van der Waals surface area contributed by atoms with Crippen LogP contribution in [0.3, 0.4) is 0 Å². The lowest BCUT2D eigenvalue weighted by Crippen LogP contribution is -2.46. The molecule has 2 unspecified atom stereocenters. The zero-order chi connectivity index (χ0) is 10.8. The number of halogens is 1. The van der Waals surface area contributed by atoms with Crippen molar-refractivity contribution in [3.05, 3.63) is 34.3 Å². The van der Waals surface area contributed by atoms with Gasteiger partial charge in [0, 0.05) is 29.4 Å². The van der Waals surface area contributed by atoms with Gasteiger partial charge in [0.05, 0.1) is 0 Å². The number of hydrogen-bond acceptors (Lipinski definition) is 2. The van der Waals surface area contributed by atoms with Gasteiger partial charge in [0.1, 0.15) is 0 Å². The average Bonchev–Trinajstić information content (AvgIpc) is 2.17. The van der Waals surface area contributed by atoms with Gasteiger partial charge in [0.2, 0.25) is 5.91 Å². The van der Waals surface area contributed by atoms with Crippen molar-refractivity contribution in [2.45, 2.75) is 18.4 Å². The number of nitrogens with one attached hydrogen (secondary N) is 1. The van der Waals surface area contributed by atoms with E-state index in [0.717, 1.165) is 4.47 Å². The number of carbonyl (C=O) groups is 1. The molecule has 3 nitrogen and oxygen atoms in total. The smallest absolute Gasteiger partial charge is 0.221 e. The van der Waals surface area contributed by atoms with E-state index < -0.39 is 0 Å². The second kappa shape index (κ2) is 4.33. The van der Waals surface area contributed by atoms with Crippen LogP contribution in [0.25, 0.3) is 0 Å². The molecule has 3 N–H and O–H groups in total. The van der Waals surface area contributed by atoms with Gasteiger partial charge in [-0.1, -0.05) is 28.1 Å². The van der Waals surface area contributed by atoms with Gasteiger partial charge in [0.15, 0.2) is 0 Å². The van der Waals surface area contributed by atoms with E-state index in [1.54, 1.807) is 0 Å². The lowest BCUT2D eigenvalue weighted by molar-refractivity contribution is -0.122. The molecule has 15 heavy (non-hydrogen) atoms. The lowest BCUT2D eigenvalue weighted by Gasteiger charge is -2.29. The van der Waals surface area contributed by atoms with Crippen LogP contribution in [0.15, 0.2) is 28.7 Å². The number of carbonyl (C=O) groups excluding carboxylic acids is 1. The molecule has 4 heteroatoms. The van der Waals surface area contributed by atoms with Crippen LogP contribution < -0.4 is 11.1 Å². The lowest BCUT2D eigenvalue weighted by atomic mass is 9.87. The van der Waals surface area contributed by atoms with Crippen molar-refractivity contribution in [3.63, 3.8) is 0 Å². The maximum atomic E-state index is 11.1. The number of benzene rings is 1. The summed E-state index contributed by atoms with van der Waals surface area (Å²) >= 11 is 3.43. The van der Waals surface area contributed by atoms with Crippen LogP contribution in [-0.2, 0) is 4.79 Å². The van der Waals surface area contributed by atoms with Crippen molar-refractivity contribution in [1.82, 2.24) is 5.32 Å². The molecule has 1 aliphatic rings. The maximum Gasteiger partial charge on any atom is 0.221 e. The van der Waals surface area contributed by atoms with Crippen LogP contribution in [0.2, 0.25) is 0 Å². The van der Waals surface area contributed by atoms with E-state index in [9.17, 15) is 4.79 Å². The minimum absolute atomic E-state index is 0.0498. The maximum absolute atomic E-state index is 11.1. The molecular weight excluding hydrogens is 256 g/mol. The molecule has 1 saturated heterocycles. The molecule has 1 heterocycles. The largest absolute Gasteiger partial charge is 0.355 e. The van der Waals surface area contributed by atoms with Crippen LogP contribution in [0, 0.1) is 0 Å². The molecule has 0 aromatic heterocycles. The van der Waals surface area contributed by atoms with Gasteiger partial charge < -0.3 is 11.1 Å².